The van der Waals surface area contributed by atoms with E-state index >= 15 is 0 Å². The molecule has 2 nitrogen and oxygen atoms in total. The van der Waals surface area contributed by atoms with E-state index in [2.05, 4.69) is 6.92 Å². The summed E-state index contributed by atoms with van der Waals surface area (Å²) in [5.41, 5.74) is 0.958. The van der Waals surface area contributed by atoms with Gasteiger partial charge in [-0.2, -0.15) is 0 Å². The molecule has 0 atom stereocenters. The standard InChI is InChI=1S/C22H25F3O2/c1-3-4-16-12-26-21(27-13-16)8-6-15-9-19(24)22(20(25)10-15)17-7-5-14(2)18(23)11-17/h5,7,9-11,16,21H,3-4,6,8,12-13H2,1-2H3. The van der Waals surface area contributed by atoms with E-state index in [9.17, 15) is 13.2 Å². The van der Waals surface area contributed by atoms with E-state index in [1.54, 1.807) is 6.92 Å². The Labute approximate surface area is 158 Å². The highest BCUT2D eigenvalue weighted by Gasteiger charge is 2.22. The molecular weight excluding hydrogens is 353 g/mol. The molecule has 146 valence electrons. The second-order valence-electron chi connectivity index (χ2n) is 7.19. The van der Waals surface area contributed by atoms with Crippen molar-refractivity contribution >= 4 is 0 Å². The van der Waals surface area contributed by atoms with Crippen LogP contribution in [0.1, 0.15) is 37.3 Å². The third kappa shape index (κ3) is 4.90. The van der Waals surface area contributed by atoms with Crippen LogP contribution in [0.5, 0.6) is 0 Å². The summed E-state index contributed by atoms with van der Waals surface area (Å²) in [6.45, 7) is 5.07. The molecule has 0 unspecified atom stereocenters. The van der Waals surface area contributed by atoms with Gasteiger partial charge in [0.05, 0.1) is 18.8 Å². The molecule has 0 aromatic heterocycles. The molecule has 0 saturated carbocycles. The first-order valence-corrected chi connectivity index (χ1v) is 9.45. The molecule has 0 aliphatic carbocycles. The maximum atomic E-state index is 14.5. The molecule has 5 heteroatoms. The summed E-state index contributed by atoms with van der Waals surface area (Å²) in [4.78, 5) is 0. The van der Waals surface area contributed by atoms with Crippen LogP contribution in [0.15, 0.2) is 30.3 Å². The molecule has 0 spiro atoms. The van der Waals surface area contributed by atoms with Crippen LogP contribution in [-0.4, -0.2) is 19.5 Å². The topological polar surface area (TPSA) is 18.5 Å². The van der Waals surface area contributed by atoms with Crippen molar-refractivity contribution in [3.05, 3.63) is 58.9 Å². The van der Waals surface area contributed by atoms with E-state index in [1.807, 2.05) is 0 Å². The maximum Gasteiger partial charge on any atom is 0.157 e. The first kappa shape index (κ1) is 19.9. The highest BCUT2D eigenvalue weighted by molar-refractivity contribution is 5.65. The second kappa shape index (κ2) is 8.89. The molecule has 1 aliphatic heterocycles. The second-order valence-corrected chi connectivity index (χ2v) is 7.19. The average molecular weight is 378 g/mol. The fourth-order valence-corrected chi connectivity index (χ4v) is 3.40. The Morgan fingerprint density at radius 3 is 2.19 bits per heavy atom. The number of halogens is 3. The van der Waals surface area contributed by atoms with Crippen molar-refractivity contribution in [1.29, 1.82) is 0 Å². The molecule has 0 N–H and O–H groups in total. The molecule has 2 aromatic rings. The fourth-order valence-electron chi connectivity index (χ4n) is 3.40. The van der Waals surface area contributed by atoms with Crippen LogP contribution >= 0.6 is 0 Å². The summed E-state index contributed by atoms with van der Waals surface area (Å²) in [5.74, 6) is -1.44. The Hall–Kier alpha value is -1.85. The Morgan fingerprint density at radius 2 is 1.59 bits per heavy atom. The van der Waals surface area contributed by atoms with Crippen LogP contribution in [-0.2, 0) is 15.9 Å². The number of ether oxygens (including phenoxy) is 2. The maximum absolute atomic E-state index is 14.5. The van der Waals surface area contributed by atoms with E-state index in [-0.39, 0.29) is 17.4 Å². The van der Waals surface area contributed by atoms with E-state index < -0.39 is 17.5 Å². The van der Waals surface area contributed by atoms with Gasteiger partial charge in [0.25, 0.3) is 0 Å². The van der Waals surface area contributed by atoms with Gasteiger partial charge in [-0.3, -0.25) is 0 Å². The number of hydrogen-bond donors (Lipinski definition) is 0. The zero-order valence-electron chi connectivity index (χ0n) is 15.7. The Bertz CT molecular complexity index is 760. The van der Waals surface area contributed by atoms with Crippen LogP contribution in [0.25, 0.3) is 11.1 Å². The largest absolute Gasteiger partial charge is 0.352 e. The van der Waals surface area contributed by atoms with Gasteiger partial charge in [-0.05, 0) is 54.7 Å². The van der Waals surface area contributed by atoms with E-state index in [4.69, 9.17) is 9.47 Å². The lowest BCUT2D eigenvalue weighted by Crippen LogP contribution is -2.32. The Kier molecular flexibility index (Phi) is 6.55. The van der Waals surface area contributed by atoms with Crippen molar-refractivity contribution in [2.24, 2.45) is 5.92 Å². The lowest BCUT2D eigenvalue weighted by Gasteiger charge is -2.29. The zero-order chi connectivity index (χ0) is 19.4. The Balaban J connectivity index is 1.65. The fraction of sp³-hybridized carbons (Fsp3) is 0.455. The molecule has 1 saturated heterocycles. The Morgan fingerprint density at radius 1 is 0.926 bits per heavy atom. The van der Waals surface area contributed by atoms with Gasteiger partial charge in [-0.25, -0.2) is 13.2 Å². The van der Waals surface area contributed by atoms with Crippen molar-refractivity contribution in [1.82, 2.24) is 0 Å². The van der Waals surface area contributed by atoms with Gasteiger partial charge in [0.2, 0.25) is 0 Å². The van der Waals surface area contributed by atoms with Crippen LogP contribution < -0.4 is 0 Å². The van der Waals surface area contributed by atoms with Crippen molar-refractivity contribution < 1.29 is 22.6 Å². The van der Waals surface area contributed by atoms with E-state index in [0.717, 1.165) is 18.9 Å². The molecule has 0 amide bonds. The van der Waals surface area contributed by atoms with Gasteiger partial charge >= 0.3 is 0 Å². The summed E-state index contributed by atoms with van der Waals surface area (Å²) in [7, 11) is 0. The first-order chi connectivity index (χ1) is 13.0. The summed E-state index contributed by atoms with van der Waals surface area (Å²) >= 11 is 0. The summed E-state index contributed by atoms with van der Waals surface area (Å²) < 4.78 is 54.1. The van der Waals surface area contributed by atoms with E-state index in [1.165, 1.54) is 24.3 Å². The van der Waals surface area contributed by atoms with Gasteiger partial charge < -0.3 is 9.47 Å². The van der Waals surface area contributed by atoms with E-state index in [0.29, 0.717) is 43.1 Å². The highest BCUT2D eigenvalue weighted by Crippen LogP contribution is 2.29. The predicted octanol–water partition coefficient (Wildman–Crippen LogP) is 5.80. The third-order valence-corrected chi connectivity index (χ3v) is 4.96. The van der Waals surface area contributed by atoms with Crippen molar-refractivity contribution in [2.75, 3.05) is 13.2 Å². The molecule has 1 aliphatic rings. The van der Waals surface area contributed by atoms with Gasteiger partial charge in [0.15, 0.2) is 6.29 Å². The summed E-state index contributed by atoms with van der Waals surface area (Å²) in [5, 5.41) is 0. The molecule has 0 bridgehead atoms. The normalized spacial score (nSPS) is 20.0. The van der Waals surface area contributed by atoms with Gasteiger partial charge in [0, 0.05) is 12.3 Å². The summed E-state index contributed by atoms with van der Waals surface area (Å²) in [6.07, 6.45) is 2.81. The number of aryl methyl sites for hydroxylation is 2. The monoisotopic (exact) mass is 378 g/mol. The molecular formula is C22H25F3O2. The zero-order valence-corrected chi connectivity index (χ0v) is 15.7. The molecule has 27 heavy (non-hydrogen) atoms. The molecule has 2 aromatic carbocycles. The lowest BCUT2D eigenvalue weighted by molar-refractivity contribution is -0.203. The lowest BCUT2D eigenvalue weighted by atomic mass is 9.99. The molecule has 0 radical (unpaired) electrons. The van der Waals surface area contributed by atoms with Crippen LogP contribution in [0.2, 0.25) is 0 Å². The van der Waals surface area contributed by atoms with Crippen molar-refractivity contribution in [3.63, 3.8) is 0 Å². The van der Waals surface area contributed by atoms with Gasteiger partial charge in [-0.1, -0.05) is 25.5 Å². The number of rotatable bonds is 6. The third-order valence-electron chi connectivity index (χ3n) is 4.96. The minimum atomic E-state index is -0.693. The predicted molar refractivity (Wildman–Crippen MR) is 98.9 cm³/mol. The SMILES string of the molecule is CCCC1COC(CCc2cc(F)c(-c3ccc(C)c(F)c3)c(F)c2)OC1. The van der Waals surface area contributed by atoms with Gasteiger partial charge in [0.1, 0.15) is 17.5 Å². The quantitative estimate of drug-likeness (QED) is 0.632. The smallest absolute Gasteiger partial charge is 0.157 e. The van der Waals surface area contributed by atoms with Crippen LogP contribution in [0, 0.1) is 30.3 Å². The molecule has 1 heterocycles. The molecule has 1 fully saturated rings. The van der Waals surface area contributed by atoms with Crippen LogP contribution in [0.3, 0.4) is 0 Å². The number of hydrogen-bond acceptors (Lipinski definition) is 2. The minimum absolute atomic E-state index is 0.195. The minimum Gasteiger partial charge on any atom is -0.352 e. The highest BCUT2D eigenvalue weighted by atomic mass is 19.1. The number of benzene rings is 2. The van der Waals surface area contributed by atoms with Crippen molar-refractivity contribution in [2.45, 2.75) is 45.8 Å². The van der Waals surface area contributed by atoms with Crippen LogP contribution in [0.4, 0.5) is 13.2 Å². The van der Waals surface area contributed by atoms with Crippen molar-refractivity contribution in [3.8, 4) is 11.1 Å². The van der Waals surface area contributed by atoms with Gasteiger partial charge in [-0.15, -0.1) is 0 Å². The molecule has 3 rings (SSSR count). The first-order valence-electron chi connectivity index (χ1n) is 9.45. The summed E-state index contributed by atoms with van der Waals surface area (Å²) in [6, 6.07) is 6.81. The average Bonchev–Trinajstić information content (AvgIpc) is 2.64.